The summed E-state index contributed by atoms with van der Waals surface area (Å²) in [5, 5.41) is 5.64. The molecule has 2 aliphatic rings. The van der Waals surface area contributed by atoms with Crippen molar-refractivity contribution in [3.63, 3.8) is 0 Å². The quantitative estimate of drug-likeness (QED) is 0.334. The summed E-state index contributed by atoms with van der Waals surface area (Å²) in [7, 11) is 0. The van der Waals surface area contributed by atoms with Gasteiger partial charge in [0.05, 0.1) is 23.0 Å². The third kappa shape index (κ3) is 4.70. The number of aliphatic imine (C=N–C) groups is 2. The fraction of sp³-hybridized carbons (Fsp3) is 0.172. The fourth-order valence-corrected chi connectivity index (χ4v) is 5.19. The summed E-state index contributed by atoms with van der Waals surface area (Å²) in [4.78, 5) is 10.8. The number of anilines is 2. The van der Waals surface area contributed by atoms with Crippen molar-refractivity contribution in [2.45, 2.75) is 18.5 Å². The molecule has 35 heavy (non-hydrogen) atoms. The molecule has 0 amide bonds. The van der Waals surface area contributed by atoms with E-state index in [2.05, 4.69) is 53.2 Å². The fourth-order valence-electron chi connectivity index (χ4n) is 4.39. The molecule has 2 atom stereocenters. The normalized spacial score (nSPS) is 19.0. The minimum Gasteiger partial charge on any atom is -0.475 e. The Labute approximate surface area is 208 Å². The first-order chi connectivity index (χ1) is 17.3. The van der Waals surface area contributed by atoms with Gasteiger partial charge in [0.1, 0.15) is 24.1 Å². The van der Waals surface area contributed by atoms with E-state index < -0.39 is 0 Å². The van der Waals surface area contributed by atoms with Crippen LogP contribution < -0.4 is 5.32 Å². The van der Waals surface area contributed by atoms with Crippen LogP contribution in [0.3, 0.4) is 0 Å². The number of benzene rings is 3. The van der Waals surface area contributed by atoms with Gasteiger partial charge >= 0.3 is 0 Å². The van der Waals surface area contributed by atoms with Gasteiger partial charge in [-0.3, -0.25) is 0 Å². The number of nitrogens with one attached hydrogen (secondary N) is 1. The Morgan fingerprint density at radius 1 is 0.743 bits per heavy atom. The van der Waals surface area contributed by atoms with Gasteiger partial charge in [0.2, 0.25) is 11.8 Å². The summed E-state index contributed by atoms with van der Waals surface area (Å²) < 4.78 is 12.1. The Kier molecular flexibility index (Phi) is 6.03. The summed E-state index contributed by atoms with van der Waals surface area (Å²) in [5.41, 5.74) is 5.29. The molecule has 1 N–H and O–H groups in total. The average Bonchev–Trinajstić information content (AvgIpc) is 3.67. The van der Waals surface area contributed by atoms with E-state index in [9.17, 15) is 0 Å². The van der Waals surface area contributed by atoms with Gasteiger partial charge in [-0.15, -0.1) is 11.3 Å². The summed E-state index contributed by atoms with van der Waals surface area (Å²) in [6, 6.07) is 31.0. The maximum atomic E-state index is 6.03. The van der Waals surface area contributed by atoms with Gasteiger partial charge < -0.3 is 14.8 Å². The van der Waals surface area contributed by atoms with E-state index >= 15 is 0 Å². The van der Waals surface area contributed by atoms with Crippen LogP contribution in [0.25, 0.3) is 0 Å². The smallest absolute Gasteiger partial charge is 0.229 e. The predicted molar refractivity (Wildman–Crippen MR) is 142 cm³/mol. The Morgan fingerprint density at radius 2 is 1.49 bits per heavy atom. The Hall–Kier alpha value is -3.90. The largest absolute Gasteiger partial charge is 0.475 e. The summed E-state index contributed by atoms with van der Waals surface area (Å²) in [6.07, 6.45) is 0.876. The molecule has 1 aromatic heterocycles. The molecule has 3 aromatic carbocycles. The number of para-hydroxylation sites is 1. The monoisotopic (exact) mass is 479 g/mol. The van der Waals surface area contributed by atoms with Crippen molar-refractivity contribution in [3.8, 4) is 0 Å². The van der Waals surface area contributed by atoms with Crippen molar-refractivity contribution in [2.24, 2.45) is 9.98 Å². The van der Waals surface area contributed by atoms with Crippen molar-refractivity contribution >= 4 is 34.5 Å². The van der Waals surface area contributed by atoms with Crippen LogP contribution in [0, 0.1) is 0 Å². The molecule has 0 bridgehead atoms. The van der Waals surface area contributed by atoms with Crippen LogP contribution >= 0.6 is 11.3 Å². The maximum Gasteiger partial charge on any atom is 0.229 e. The summed E-state index contributed by atoms with van der Waals surface area (Å²) >= 11 is 1.63. The van der Waals surface area contributed by atoms with Crippen LogP contribution in [0.4, 0.5) is 11.4 Å². The molecule has 0 radical (unpaired) electrons. The zero-order chi connectivity index (χ0) is 23.5. The molecule has 0 unspecified atom stereocenters. The van der Waals surface area contributed by atoms with E-state index in [-0.39, 0.29) is 12.1 Å². The zero-order valence-electron chi connectivity index (χ0n) is 19.1. The van der Waals surface area contributed by atoms with Gasteiger partial charge in [-0.05, 0) is 41.1 Å². The lowest BCUT2D eigenvalue weighted by Gasteiger charge is -2.12. The van der Waals surface area contributed by atoms with Gasteiger partial charge in [0, 0.05) is 0 Å². The van der Waals surface area contributed by atoms with Crippen molar-refractivity contribution < 1.29 is 9.47 Å². The molecule has 5 nitrogen and oxygen atoms in total. The summed E-state index contributed by atoms with van der Waals surface area (Å²) in [5.74, 6) is 1.37. The molecule has 174 valence electrons. The predicted octanol–water partition coefficient (Wildman–Crippen LogP) is 6.40. The van der Waals surface area contributed by atoms with Gasteiger partial charge in [-0.25, -0.2) is 9.98 Å². The van der Waals surface area contributed by atoms with Crippen LogP contribution in [0.5, 0.6) is 0 Å². The second kappa shape index (κ2) is 9.76. The molecule has 0 fully saturated rings. The molecule has 6 rings (SSSR count). The van der Waals surface area contributed by atoms with Crippen LogP contribution in [0.2, 0.25) is 0 Å². The Balaban J connectivity index is 1.22. The topological polar surface area (TPSA) is 55.2 Å². The standard InChI is InChI=1S/C29H25N3O2S/c1-3-9-20(10-4-1)17-22-18-33-29(30-22)27-25(15-16-35-27)31-24-14-8-7-13-23(24)28-32-26(19-34-28)21-11-5-2-6-12-21/h1-16,22,26,31H,17-19H2/t22-,26+/m0/s1. The third-order valence-corrected chi connectivity index (χ3v) is 7.05. The van der Waals surface area contributed by atoms with Crippen LogP contribution in [0.15, 0.2) is 106 Å². The number of ether oxygens (including phenoxy) is 2. The first-order valence-corrected chi connectivity index (χ1v) is 12.7. The van der Waals surface area contributed by atoms with Crippen LogP contribution in [-0.2, 0) is 15.9 Å². The molecule has 0 saturated carbocycles. The summed E-state index contributed by atoms with van der Waals surface area (Å²) in [6.45, 7) is 1.15. The number of hydrogen-bond acceptors (Lipinski definition) is 6. The van der Waals surface area contributed by atoms with Crippen molar-refractivity contribution in [1.29, 1.82) is 0 Å². The maximum absolute atomic E-state index is 6.03. The van der Waals surface area contributed by atoms with Gasteiger partial charge in [-0.1, -0.05) is 72.8 Å². The minimum atomic E-state index is 0.0127. The second-order valence-corrected chi connectivity index (χ2v) is 9.51. The van der Waals surface area contributed by atoms with Gasteiger partial charge in [0.15, 0.2) is 0 Å². The lowest BCUT2D eigenvalue weighted by atomic mass is 10.1. The van der Waals surface area contributed by atoms with Crippen LogP contribution in [-0.4, -0.2) is 31.1 Å². The van der Waals surface area contributed by atoms with Crippen LogP contribution in [0.1, 0.15) is 27.6 Å². The van der Waals surface area contributed by atoms with E-state index in [0.717, 1.165) is 33.8 Å². The molecule has 0 spiro atoms. The highest BCUT2D eigenvalue weighted by atomic mass is 32.1. The van der Waals surface area contributed by atoms with Crippen molar-refractivity contribution in [3.05, 3.63) is 118 Å². The molecule has 4 aromatic rings. The number of hydrogen-bond donors (Lipinski definition) is 1. The molecular formula is C29H25N3O2S. The molecule has 0 aliphatic carbocycles. The zero-order valence-corrected chi connectivity index (χ0v) is 19.9. The number of thiophene rings is 1. The molecule has 0 saturated heterocycles. The average molecular weight is 480 g/mol. The highest BCUT2D eigenvalue weighted by Crippen LogP contribution is 2.33. The highest BCUT2D eigenvalue weighted by molar-refractivity contribution is 7.12. The Morgan fingerprint density at radius 3 is 2.34 bits per heavy atom. The van der Waals surface area contributed by atoms with E-state index in [1.54, 1.807) is 11.3 Å². The molecular weight excluding hydrogens is 454 g/mol. The lowest BCUT2D eigenvalue weighted by molar-refractivity contribution is 0.317. The highest BCUT2D eigenvalue weighted by Gasteiger charge is 2.26. The Bertz CT molecular complexity index is 1360. The minimum absolute atomic E-state index is 0.0127. The van der Waals surface area contributed by atoms with E-state index in [1.165, 1.54) is 5.56 Å². The van der Waals surface area contributed by atoms with E-state index in [4.69, 9.17) is 19.5 Å². The van der Waals surface area contributed by atoms with Gasteiger partial charge in [-0.2, -0.15) is 0 Å². The van der Waals surface area contributed by atoms with Crippen molar-refractivity contribution in [2.75, 3.05) is 18.5 Å². The first kappa shape index (κ1) is 21.6. The third-order valence-electron chi connectivity index (χ3n) is 6.15. The lowest BCUT2D eigenvalue weighted by Crippen LogP contribution is -2.09. The number of rotatable bonds is 7. The number of nitrogens with zero attached hydrogens (tertiary/aromatic N) is 2. The SMILES string of the molecule is c1ccc(C[C@H]2COC(c3sccc3Nc3ccccc3C3=N[C@@H](c4ccccc4)CO3)=N2)cc1. The molecule has 2 aliphatic heterocycles. The second-order valence-electron chi connectivity index (χ2n) is 8.59. The first-order valence-electron chi connectivity index (χ1n) is 11.8. The van der Waals surface area contributed by atoms with E-state index in [0.29, 0.717) is 25.0 Å². The molecule has 3 heterocycles. The van der Waals surface area contributed by atoms with Crippen molar-refractivity contribution in [1.82, 2.24) is 0 Å². The van der Waals surface area contributed by atoms with Gasteiger partial charge in [0.25, 0.3) is 0 Å². The molecule has 6 heteroatoms. The van der Waals surface area contributed by atoms with E-state index in [1.807, 2.05) is 48.5 Å².